The molecule has 0 amide bonds. The highest BCUT2D eigenvalue weighted by Gasteiger charge is 2.11. The second-order valence-electron chi connectivity index (χ2n) is 4.40. The van der Waals surface area contributed by atoms with E-state index in [2.05, 4.69) is 11.9 Å². The molecule has 0 aliphatic carbocycles. The monoisotopic (exact) mass is 267 g/mol. The summed E-state index contributed by atoms with van der Waals surface area (Å²) in [7, 11) is -1.19. The third-order valence-electron chi connectivity index (χ3n) is 2.96. The highest BCUT2D eigenvalue weighted by molar-refractivity contribution is 7.90. The quantitative estimate of drug-likeness (QED) is 0.610. The van der Waals surface area contributed by atoms with E-state index in [9.17, 15) is 8.42 Å². The van der Waals surface area contributed by atoms with Gasteiger partial charge in [0.15, 0.2) is 9.84 Å². The zero-order valence-corrected chi connectivity index (χ0v) is 11.8. The fourth-order valence-corrected chi connectivity index (χ4v) is 2.52. The zero-order valence-electron chi connectivity index (χ0n) is 11.0. The topological polar surface area (TPSA) is 46.2 Å². The van der Waals surface area contributed by atoms with E-state index in [1.807, 2.05) is 25.3 Å². The van der Waals surface area contributed by atoms with Gasteiger partial charge in [-0.3, -0.25) is 0 Å². The molecule has 4 heteroatoms. The SMILES string of the molecule is C=CCCCC(NC)c1ccc(S(C)(=O)=O)cc1. The highest BCUT2D eigenvalue weighted by atomic mass is 32.2. The van der Waals surface area contributed by atoms with Gasteiger partial charge in [0.1, 0.15) is 0 Å². The van der Waals surface area contributed by atoms with Gasteiger partial charge in [-0.2, -0.15) is 0 Å². The van der Waals surface area contributed by atoms with E-state index in [0.29, 0.717) is 4.90 Å². The molecule has 0 bridgehead atoms. The number of sulfone groups is 1. The molecule has 0 heterocycles. The van der Waals surface area contributed by atoms with E-state index in [-0.39, 0.29) is 6.04 Å². The molecule has 1 unspecified atom stereocenters. The Morgan fingerprint density at radius 1 is 1.33 bits per heavy atom. The van der Waals surface area contributed by atoms with Crippen LogP contribution in [0.2, 0.25) is 0 Å². The molecular formula is C14H21NO2S. The lowest BCUT2D eigenvalue weighted by Gasteiger charge is -2.16. The predicted octanol–water partition coefficient (Wildman–Crippen LogP) is 2.71. The van der Waals surface area contributed by atoms with Crippen LogP contribution in [-0.2, 0) is 9.84 Å². The fraction of sp³-hybridized carbons (Fsp3) is 0.429. The van der Waals surface area contributed by atoms with E-state index in [1.165, 1.54) is 6.26 Å². The van der Waals surface area contributed by atoms with Crippen LogP contribution in [0.15, 0.2) is 41.8 Å². The van der Waals surface area contributed by atoms with Crippen molar-refractivity contribution in [3.8, 4) is 0 Å². The minimum absolute atomic E-state index is 0.263. The number of unbranched alkanes of at least 4 members (excludes halogenated alkanes) is 1. The molecule has 0 aromatic heterocycles. The Hall–Kier alpha value is -1.13. The summed E-state index contributed by atoms with van der Waals surface area (Å²) in [6.45, 7) is 3.71. The first-order valence-electron chi connectivity index (χ1n) is 6.07. The number of hydrogen-bond donors (Lipinski definition) is 1. The number of allylic oxidation sites excluding steroid dienone is 1. The molecule has 0 saturated heterocycles. The Kier molecular flexibility index (Phi) is 5.56. The van der Waals surface area contributed by atoms with Crippen LogP contribution in [0.3, 0.4) is 0 Å². The summed E-state index contributed by atoms with van der Waals surface area (Å²) >= 11 is 0. The maximum absolute atomic E-state index is 11.4. The smallest absolute Gasteiger partial charge is 0.175 e. The van der Waals surface area contributed by atoms with Gasteiger partial charge in [-0.05, 0) is 44.0 Å². The van der Waals surface area contributed by atoms with Crippen LogP contribution in [0.4, 0.5) is 0 Å². The molecule has 0 radical (unpaired) electrons. The Morgan fingerprint density at radius 2 is 1.94 bits per heavy atom. The average molecular weight is 267 g/mol. The minimum atomic E-state index is -3.11. The first kappa shape index (κ1) is 14.9. The van der Waals surface area contributed by atoms with Gasteiger partial charge in [0.05, 0.1) is 4.90 Å². The van der Waals surface area contributed by atoms with Crippen LogP contribution in [0.1, 0.15) is 30.9 Å². The van der Waals surface area contributed by atoms with Gasteiger partial charge in [-0.15, -0.1) is 6.58 Å². The first-order chi connectivity index (χ1) is 8.49. The van der Waals surface area contributed by atoms with Crippen molar-refractivity contribution in [3.63, 3.8) is 0 Å². The van der Waals surface area contributed by atoms with E-state index >= 15 is 0 Å². The van der Waals surface area contributed by atoms with E-state index in [4.69, 9.17) is 0 Å². The number of nitrogens with one attached hydrogen (secondary N) is 1. The van der Waals surface area contributed by atoms with Gasteiger partial charge in [0.2, 0.25) is 0 Å². The van der Waals surface area contributed by atoms with Gasteiger partial charge < -0.3 is 5.32 Å². The zero-order chi connectivity index (χ0) is 13.6. The molecule has 0 spiro atoms. The van der Waals surface area contributed by atoms with Crippen LogP contribution >= 0.6 is 0 Å². The lowest BCUT2D eigenvalue weighted by atomic mass is 10.0. The van der Waals surface area contributed by atoms with Crippen molar-refractivity contribution < 1.29 is 8.42 Å². The van der Waals surface area contributed by atoms with Crippen molar-refractivity contribution >= 4 is 9.84 Å². The van der Waals surface area contributed by atoms with E-state index < -0.39 is 9.84 Å². The van der Waals surface area contributed by atoms with Crippen molar-refractivity contribution in [3.05, 3.63) is 42.5 Å². The number of hydrogen-bond acceptors (Lipinski definition) is 3. The molecule has 0 fully saturated rings. The van der Waals surface area contributed by atoms with Gasteiger partial charge in [0, 0.05) is 12.3 Å². The van der Waals surface area contributed by atoms with Gasteiger partial charge in [0.25, 0.3) is 0 Å². The summed E-state index contributed by atoms with van der Waals surface area (Å²) in [5.74, 6) is 0. The summed E-state index contributed by atoms with van der Waals surface area (Å²) in [6, 6.07) is 7.36. The fourth-order valence-electron chi connectivity index (χ4n) is 1.89. The Morgan fingerprint density at radius 3 is 2.39 bits per heavy atom. The maximum atomic E-state index is 11.4. The summed E-state index contributed by atoms with van der Waals surface area (Å²) < 4.78 is 22.7. The largest absolute Gasteiger partial charge is 0.313 e. The lowest BCUT2D eigenvalue weighted by molar-refractivity contribution is 0.529. The maximum Gasteiger partial charge on any atom is 0.175 e. The van der Waals surface area contributed by atoms with Gasteiger partial charge >= 0.3 is 0 Å². The van der Waals surface area contributed by atoms with Crippen molar-refractivity contribution in [2.75, 3.05) is 13.3 Å². The predicted molar refractivity (Wildman–Crippen MR) is 75.4 cm³/mol. The van der Waals surface area contributed by atoms with Crippen LogP contribution in [0, 0.1) is 0 Å². The van der Waals surface area contributed by atoms with Crippen LogP contribution in [0.25, 0.3) is 0 Å². The van der Waals surface area contributed by atoms with E-state index in [1.54, 1.807) is 12.1 Å². The molecule has 0 saturated carbocycles. The number of rotatable bonds is 7. The Labute approximate surface area is 110 Å². The van der Waals surface area contributed by atoms with Crippen LogP contribution < -0.4 is 5.32 Å². The minimum Gasteiger partial charge on any atom is -0.313 e. The third kappa shape index (κ3) is 4.27. The Bertz CT molecular complexity index is 477. The molecule has 1 atom stereocenters. The molecule has 1 aromatic carbocycles. The second kappa shape index (κ2) is 6.71. The average Bonchev–Trinajstić information content (AvgIpc) is 2.34. The first-order valence-corrected chi connectivity index (χ1v) is 7.96. The van der Waals surface area contributed by atoms with Crippen LogP contribution in [0.5, 0.6) is 0 Å². The van der Waals surface area contributed by atoms with Crippen LogP contribution in [-0.4, -0.2) is 21.7 Å². The highest BCUT2D eigenvalue weighted by Crippen LogP contribution is 2.21. The molecular weight excluding hydrogens is 246 g/mol. The normalized spacial score (nSPS) is 13.2. The molecule has 100 valence electrons. The molecule has 3 nitrogen and oxygen atoms in total. The molecule has 0 aliphatic heterocycles. The van der Waals surface area contributed by atoms with Crippen molar-refractivity contribution in [1.82, 2.24) is 5.32 Å². The molecule has 1 aromatic rings. The number of benzene rings is 1. The summed E-state index contributed by atoms with van der Waals surface area (Å²) in [5.41, 5.74) is 1.12. The van der Waals surface area contributed by atoms with Gasteiger partial charge in [-0.25, -0.2) is 8.42 Å². The van der Waals surface area contributed by atoms with Crippen molar-refractivity contribution in [1.29, 1.82) is 0 Å². The molecule has 1 N–H and O–H groups in total. The summed E-state index contributed by atoms with van der Waals surface area (Å²) in [5, 5.41) is 3.25. The molecule has 18 heavy (non-hydrogen) atoms. The molecule has 0 aliphatic rings. The van der Waals surface area contributed by atoms with Crippen molar-refractivity contribution in [2.24, 2.45) is 0 Å². The molecule has 1 rings (SSSR count). The summed E-state index contributed by atoms with van der Waals surface area (Å²) in [6.07, 6.45) is 6.23. The lowest BCUT2D eigenvalue weighted by Crippen LogP contribution is -2.16. The van der Waals surface area contributed by atoms with E-state index in [0.717, 1.165) is 24.8 Å². The second-order valence-corrected chi connectivity index (χ2v) is 6.42. The third-order valence-corrected chi connectivity index (χ3v) is 4.09. The van der Waals surface area contributed by atoms with Crippen molar-refractivity contribution in [2.45, 2.75) is 30.2 Å². The van der Waals surface area contributed by atoms with Gasteiger partial charge in [-0.1, -0.05) is 18.2 Å². The summed E-state index contributed by atoms with van der Waals surface area (Å²) in [4.78, 5) is 0.368. The standard InChI is InChI=1S/C14H21NO2S/c1-4-5-6-7-14(15-2)12-8-10-13(11-9-12)18(3,16)17/h4,8-11,14-15H,1,5-7H2,2-3H3. The Balaban J connectivity index is 2.78.